The minimum atomic E-state index is 0.893. The van der Waals surface area contributed by atoms with Gasteiger partial charge in [-0.1, -0.05) is 78.0 Å². The second-order valence-electron chi connectivity index (χ2n) is 6.13. The van der Waals surface area contributed by atoms with Crippen molar-refractivity contribution >= 4 is 17.2 Å². The molecule has 0 aliphatic rings. The fraction of sp³-hybridized carbons (Fsp3) is 0.0909. The van der Waals surface area contributed by atoms with E-state index in [1.165, 1.54) is 16.7 Å². The SMILES string of the molecule is C(=C(Cc1ccccc1)Cc1ccccc1)n1nnc2ccccc21. The second kappa shape index (κ2) is 7.14. The highest BCUT2D eigenvalue weighted by Gasteiger charge is 2.06. The van der Waals surface area contributed by atoms with Gasteiger partial charge in [-0.2, -0.15) is 0 Å². The summed E-state index contributed by atoms with van der Waals surface area (Å²) in [5, 5.41) is 8.56. The van der Waals surface area contributed by atoms with Crippen LogP contribution >= 0.6 is 0 Å². The van der Waals surface area contributed by atoms with E-state index in [2.05, 4.69) is 83.2 Å². The Morgan fingerprint density at radius 3 is 1.92 bits per heavy atom. The molecule has 0 radical (unpaired) electrons. The molecule has 4 rings (SSSR count). The zero-order chi connectivity index (χ0) is 16.9. The highest BCUT2D eigenvalue weighted by atomic mass is 15.4. The van der Waals surface area contributed by atoms with Gasteiger partial charge in [-0.25, -0.2) is 4.68 Å². The van der Waals surface area contributed by atoms with Crippen molar-refractivity contribution in [1.82, 2.24) is 15.0 Å². The second-order valence-corrected chi connectivity index (χ2v) is 6.13. The number of nitrogens with zero attached hydrogens (tertiary/aromatic N) is 3. The van der Waals surface area contributed by atoms with E-state index in [4.69, 9.17) is 0 Å². The molecule has 0 bridgehead atoms. The quantitative estimate of drug-likeness (QED) is 0.530. The largest absolute Gasteiger partial charge is 0.220 e. The molecule has 0 aliphatic carbocycles. The topological polar surface area (TPSA) is 30.7 Å². The standard InChI is InChI=1S/C22H19N3/c1-3-9-18(10-4-1)15-20(16-19-11-5-2-6-12-19)17-25-22-14-8-7-13-21(22)23-24-25/h1-14,17H,15-16H2. The molecule has 0 N–H and O–H groups in total. The molecule has 0 amide bonds. The predicted molar refractivity (Wildman–Crippen MR) is 102 cm³/mol. The van der Waals surface area contributed by atoms with Gasteiger partial charge >= 0.3 is 0 Å². The molecule has 0 spiro atoms. The number of hydrogen-bond acceptors (Lipinski definition) is 2. The van der Waals surface area contributed by atoms with Crippen molar-refractivity contribution in [1.29, 1.82) is 0 Å². The van der Waals surface area contributed by atoms with E-state index < -0.39 is 0 Å². The van der Waals surface area contributed by atoms with Gasteiger partial charge in [-0.05, 0) is 41.7 Å². The number of para-hydroxylation sites is 1. The molecule has 3 heteroatoms. The van der Waals surface area contributed by atoms with Gasteiger partial charge < -0.3 is 0 Å². The maximum Gasteiger partial charge on any atom is 0.113 e. The number of fused-ring (bicyclic) bond motifs is 1. The molecule has 4 aromatic rings. The highest BCUT2D eigenvalue weighted by molar-refractivity contribution is 5.76. The Labute approximate surface area is 147 Å². The first kappa shape index (κ1) is 15.3. The van der Waals surface area contributed by atoms with Crippen LogP contribution in [0.2, 0.25) is 0 Å². The molecule has 122 valence electrons. The monoisotopic (exact) mass is 325 g/mol. The molecule has 1 aromatic heterocycles. The Balaban J connectivity index is 1.71. The predicted octanol–water partition coefficient (Wildman–Crippen LogP) is 4.76. The van der Waals surface area contributed by atoms with Crippen LogP contribution in [0.4, 0.5) is 0 Å². The summed E-state index contributed by atoms with van der Waals surface area (Å²) < 4.78 is 1.89. The van der Waals surface area contributed by atoms with Crippen molar-refractivity contribution in [3.8, 4) is 0 Å². The first-order valence-corrected chi connectivity index (χ1v) is 8.46. The fourth-order valence-corrected chi connectivity index (χ4v) is 3.03. The van der Waals surface area contributed by atoms with Crippen molar-refractivity contribution in [2.75, 3.05) is 0 Å². The molecule has 0 saturated heterocycles. The molecular weight excluding hydrogens is 306 g/mol. The Morgan fingerprint density at radius 2 is 1.28 bits per heavy atom. The summed E-state index contributed by atoms with van der Waals surface area (Å²) >= 11 is 0. The van der Waals surface area contributed by atoms with Crippen LogP contribution < -0.4 is 0 Å². The average molecular weight is 325 g/mol. The molecule has 3 aromatic carbocycles. The molecule has 0 aliphatic heterocycles. The van der Waals surface area contributed by atoms with Crippen molar-refractivity contribution in [3.05, 3.63) is 102 Å². The zero-order valence-corrected chi connectivity index (χ0v) is 13.9. The van der Waals surface area contributed by atoms with Gasteiger partial charge in [0.2, 0.25) is 0 Å². The normalized spacial score (nSPS) is 10.7. The lowest BCUT2D eigenvalue weighted by atomic mass is 9.99. The van der Waals surface area contributed by atoms with E-state index >= 15 is 0 Å². The maximum absolute atomic E-state index is 4.31. The Bertz CT molecular complexity index is 942. The number of benzene rings is 3. The first-order valence-electron chi connectivity index (χ1n) is 8.46. The molecule has 0 unspecified atom stereocenters. The summed E-state index contributed by atoms with van der Waals surface area (Å²) in [6.07, 6.45) is 3.91. The van der Waals surface area contributed by atoms with Gasteiger partial charge in [0.1, 0.15) is 5.52 Å². The third-order valence-corrected chi connectivity index (χ3v) is 4.23. The van der Waals surface area contributed by atoms with Crippen LogP contribution in [0.25, 0.3) is 17.2 Å². The van der Waals surface area contributed by atoms with E-state index in [9.17, 15) is 0 Å². The molecular formula is C22H19N3. The molecule has 0 atom stereocenters. The van der Waals surface area contributed by atoms with E-state index in [0.29, 0.717) is 0 Å². The van der Waals surface area contributed by atoms with E-state index in [1.54, 1.807) is 0 Å². The van der Waals surface area contributed by atoms with Gasteiger partial charge in [0, 0.05) is 6.20 Å². The summed E-state index contributed by atoms with van der Waals surface area (Å²) in [5.74, 6) is 0. The van der Waals surface area contributed by atoms with Crippen LogP contribution in [0, 0.1) is 0 Å². The zero-order valence-electron chi connectivity index (χ0n) is 13.9. The third kappa shape index (κ3) is 3.66. The highest BCUT2D eigenvalue weighted by Crippen LogP contribution is 2.17. The number of allylic oxidation sites excluding steroid dienone is 1. The van der Waals surface area contributed by atoms with Crippen LogP contribution in [0.3, 0.4) is 0 Å². The van der Waals surface area contributed by atoms with Gasteiger partial charge in [0.25, 0.3) is 0 Å². The minimum absolute atomic E-state index is 0.893. The Morgan fingerprint density at radius 1 is 0.720 bits per heavy atom. The Kier molecular flexibility index (Phi) is 4.38. The summed E-state index contributed by atoms with van der Waals surface area (Å²) in [4.78, 5) is 0. The maximum atomic E-state index is 4.31. The lowest BCUT2D eigenvalue weighted by Crippen LogP contribution is -2.00. The lowest BCUT2D eigenvalue weighted by molar-refractivity contribution is 0.849. The van der Waals surface area contributed by atoms with Crippen LogP contribution in [0.5, 0.6) is 0 Å². The van der Waals surface area contributed by atoms with Crippen molar-refractivity contribution < 1.29 is 0 Å². The van der Waals surface area contributed by atoms with Crippen molar-refractivity contribution in [2.24, 2.45) is 0 Å². The van der Waals surface area contributed by atoms with Gasteiger partial charge in [-0.3, -0.25) is 0 Å². The van der Waals surface area contributed by atoms with E-state index in [0.717, 1.165) is 23.9 Å². The molecule has 0 fully saturated rings. The minimum Gasteiger partial charge on any atom is -0.220 e. The first-order chi connectivity index (χ1) is 12.4. The molecule has 1 heterocycles. The molecule has 0 saturated carbocycles. The van der Waals surface area contributed by atoms with Crippen LogP contribution in [0.1, 0.15) is 11.1 Å². The summed E-state index contributed by atoms with van der Waals surface area (Å²) in [6, 6.07) is 29.1. The third-order valence-electron chi connectivity index (χ3n) is 4.23. The number of rotatable bonds is 5. The van der Waals surface area contributed by atoms with Gasteiger partial charge in [0.15, 0.2) is 0 Å². The molecule has 3 nitrogen and oxygen atoms in total. The number of aromatic nitrogens is 3. The van der Waals surface area contributed by atoms with Crippen LogP contribution in [-0.2, 0) is 12.8 Å². The fourth-order valence-electron chi connectivity index (χ4n) is 3.03. The Hall–Kier alpha value is -3.20. The van der Waals surface area contributed by atoms with E-state index in [-0.39, 0.29) is 0 Å². The van der Waals surface area contributed by atoms with Gasteiger partial charge in [0.05, 0.1) is 5.52 Å². The lowest BCUT2D eigenvalue weighted by Gasteiger charge is -2.09. The number of hydrogen-bond donors (Lipinski definition) is 0. The van der Waals surface area contributed by atoms with Crippen molar-refractivity contribution in [3.63, 3.8) is 0 Å². The van der Waals surface area contributed by atoms with Crippen LogP contribution in [0.15, 0.2) is 90.5 Å². The molecule has 25 heavy (non-hydrogen) atoms. The van der Waals surface area contributed by atoms with Crippen molar-refractivity contribution in [2.45, 2.75) is 12.8 Å². The average Bonchev–Trinajstić information content (AvgIpc) is 3.06. The summed E-state index contributed by atoms with van der Waals surface area (Å²) in [6.45, 7) is 0. The smallest absolute Gasteiger partial charge is 0.113 e. The van der Waals surface area contributed by atoms with Crippen LogP contribution in [-0.4, -0.2) is 15.0 Å². The summed E-state index contributed by atoms with van der Waals surface area (Å²) in [5.41, 5.74) is 5.84. The van der Waals surface area contributed by atoms with E-state index in [1.807, 2.05) is 22.9 Å². The summed E-state index contributed by atoms with van der Waals surface area (Å²) in [7, 11) is 0. The van der Waals surface area contributed by atoms with Gasteiger partial charge in [-0.15, -0.1) is 5.10 Å².